The standard InChI is InChI=1S/C32H44N4O4/c1-9-16-36-22(8)27(30(37)40-18-19(2)3)28(35-32(36)39)23-12-10-13-24(17-23)33-31(38)34-29-25(20(4)5)14-11-15-26(29)21(6)7/h10-15,17,19-21,28H,9,16,18H2,1-8H3,(H,35,39)(H2,33,34,38). The average Bonchev–Trinajstić information content (AvgIpc) is 2.89. The number of rotatable bonds is 10. The Hall–Kier alpha value is -3.81. The van der Waals surface area contributed by atoms with Gasteiger partial charge >= 0.3 is 18.0 Å². The van der Waals surface area contributed by atoms with E-state index in [1.54, 1.807) is 30.0 Å². The Labute approximate surface area is 238 Å². The first-order valence-electron chi connectivity index (χ1n) is 14.2. The number of para-hydroxylation sites is 1. The third-order valence-electron chi connectivity index (χ3n) is 6.90. The highest BCUT2D eigenvalue weighted by Gasteiger charge is 2.36. The van der Waals surface area contributed by atoms with Gasteiger partial charge in [-0.3, -0.25) is 4.90 Å². The van der Waals surface area contributed by atoms with Crippen molar-refractivity contribution in [3.8, 4) is 0 Å². The molecule has 1 aliphatic rings. The lowest BCUT2D eigenvalue weighted by Crippen LogP contribution is -2.48. The van der Waals surface area contributed by atoms with Crippen LogP contribution in [0.2, 0.25) is 0 Å². The molecular weight excluding hydrogens is 504 g/mol. The summed E-state index contributed by atoms with van der Waals surface area (Å²) in [5.41, 5.74) is 5.15. The summed E-state index contributed by atoms with van der Waals surface area (Å²) in [6.45, 7) is 16.9. The molecule has 1 aliphatic heterocycles. The maximum absolute atomic E-state index is 13.3. The van der Waals surface area contributed by atoms with E-state index in [0.29, 0.717) is 29.1 Å². The van der Waals surface area contributed by atoms with Gasteiger partial charge in [0.05, 0.1) is 18.2 Å². The number of allylic oxidation sites excluding steroid dienone is 1. The van der Waals surface area contributed by atoms with Gasteiger partial charge < -0.3 is 20.7 Å². The van der Waals surface area contributed by atoms with Crippen molar-refractivity contribution in [2.75, 3.05) is 23.8 Å². The first kappa shape index (κ1) is 30.7. The Balaban J connectivity index is 1.91. The van der Waals surface area contributed by atoms with Gasteiger partial charge in [0.15, 0.2) is 0 Å². The van der Waals surface area contributed by atoms with Crippen molar-refractivity contribution >= 4 is 29.4 Å². The van der Waals surface area contributed by atoms with E-state index >= 15 is 0 Å². The first-order valence-corrected chi connectivity index (χ1v) is 14.2. The number of nitrogens with zero attached hydrogens (tertiary/aromatic N) is 1. The van der Waals surface area contributed by atoms with Crippen molar-refractivity contribution in [3.63, 3.8) is 0 Å². The summed E-state index contributed by atoms with van der Waals surface area (Å²) in [5, 5.41) is 8.98. The van der Waals surface area contributed by atoms with Crippen LogP contribution < -0.4 is 16.0 Å². The topological polar surface area (TPSA) is 99.8 Å². The van der Waals surface area contributed by atoms with Crippen LogP contribution >= 0.6 is 0 Å². The van der Waals surface area contributed by atoms with Crippen LogP contribution in [0.3, 0.4) is 0 Å². The van der Waals surface area contributed by atoms with Gasteiger partial charge in [-0.2, -0.15) is 0 Å². The number of amides is 4. The second-order valence-electron chi connectivity index (χ2n) is 11.4. The third-order valence-corrected chi connectivity index (χ3v) is 6.90. The van der Waals surface area contributed by atoms with Crippen molar-refractivity contribution in [2.45, 2.75) is 79.7 Å². The predicted molar refractivity (Wildman–Crippen MR) is 160 cm³/mol. The monoisotopic (exact) mass is 548 g/mol. The smallest absolute Gasteiger partial charge is 0.338 e. The summed E-state index contributed by atoms with van der Waals surface area (Å²) in [7, 11) is 0. The minimum absolute atomic E-state index is 0.177. The van der Waals surface area contributed by atoms with Crippen molar-refractivity contribution in [1.29, 1.82) is 0 Å². The van der Waals surface area contributed by atoms with Gasteiger partial charge in [-0.15, -0.1) is 0 Å². The number of nitrogens with one attached hydrogen (secondary N) is 3. The Kier molecular flexibility index (Phi) is 10.4. The van der Waals surface area contributed by atoms with E-state index in [1.165, 1.54) is 0 Å². The van der Waals surface area contributed by atoms with E-state index in [4.69, 9.17) is 4.74 Å². The molecule has 1 heterocycles. The van der Waals surface area contributed by atoms with E-state index in [0.717, 1.165) is 23.2 Å². The van der Waals surface area contributed by atoms with Gasteiger partial charge in [-0.25, -0.2) is 14.4 Å². The molecule has 0 aliphatic carbocycles. The van der Waals surface area contributed by atoms with Gasteiger partial charge in [-0.1, -0.05) is 78.8 Å². The molecule has 0 saturated carbocycles. The lowest BCUT2D eigenvalue weighted by Gasteiger charge is -2.35. The number of hydrogen-bond acceptors (Lipinski definition) is 4. The number of esters is 1. The molecule has 3 rings (SSSR count). The summed E-state index contributed by atoms with van der Waals surface area (Å²) < 4.78 is 5.59. The highest BCUT2D eigenvalue weighted by atomic mass is 16.5. The van der Waals surface area contributed by atoms with Crippen molar-refractivity contribution in [2.24, 2.45) is 5.92 Å². The number of ether oxygens (including phenoxy) is 1. The van der Waals surface area contributed by atoms with Crippen LogP contribution in [0.4, 0.5) is 21.0 Å². The predicted octanol–water partition coefficient (Wildman–Crippen LogP) is 7.53. The molecule has 0 fully saturated rings. The van der Waals surface area contributed by atoms with Crippen LogP contribution in [0.15, 0.2) is 53.7 Å². The zero-order valence-electron chi connectivity index (χ0n) is 25.1. The summed E-state index contributed by atoms with van der Waals surface area (Å²) in [4.78, 5) is 41.0. The lowest BCUT2D eigenvalue weighted by molar-refractivity contribution is -0.140. The molecule has 8 nitrogen and oxygen atoms in total. The molecule has 0 radical (unpaired) electrons. The molecule has 40 heavy (non-hydrogen) atoms. The Morgan fingerprint density at radius 1 is 0.975 bits per heavy atom. The second-order valence-corrected chi connectivity index (χ2v) is 11.4. The molecule has 4 amide bonds. The average molecular weight is 549 g/mol. The fourth-order valence-electron chi connectivity index (χ4n) is 4.88. The van der Waals surface area contributed by atoms with E-state index in [-0.39, 0.29) is 36.4 Å². The molecule has 0 bridgehead atoms. The van der Waals surface area contributed by atoms with Gasteiger partial charge in [0, 0.05) is 23.6 Å². The summed E-state index contributed by atoms with van der Waals surface area (Å²) in [6, 6.07) is 11.9. The molecule has 216 valence electrons. The van der Waals surface area contributed by atoms with Crippen LogP contribution in [0.5, 0.6) is 0 Å². The fraction of sp³-hybridized carbons (Fsp3) is 0.469. The molecule has 2 aromatic carbocycles. The van der Waals surface area contributed by atoms with Gasteiger partial charge in [0.25, 0.3) is 0 Å². The van der Waals surface area contributed by atoms with Crippen LogP contribution in [0, 0.1) is 5.92 Å². The van der Waals surface area contributed by atoms with E-state index in [1.807, 2.05) is 45.0 Å². The maximum Gasteiger partial charge on any atom is 0.338 e. The van der Waals surface area contributed by atoms with Gasteiger partial charge in [0.1, 0.15) is 0 Å². The summed E-state index contributed by atoms with van der Waals surface area (Å²) >= 11 is 0. The van der Waals surface area contributed by atoms with Crippen LogP contribution in [-0.4, -0.2) is 36.1 Å². The Morgan fingerprint density at radius 2 is 1.60 bits per heavy atom. The highest BCUT2D eigenvalue weighted by molar-refractivity contribution is 6.01. The zero-order valence-corrected chi connectivity index (χ0v) is 25.1. The Bertz CT molecular complexity index is 1240. The first-order chi connectivity index (χ1) is 18.9. The number of anilines is 2. The molecule has 0 saturated heterocycles. The second kappa shape index (κ2) is 13.5. The summed E-state index contributed by atoms with van der Waals surface area (Å²) in [6.07, 6.45) is 0.747. The number of urea groups is 2. The number of hydrogen-bond donors (Lipinski definition) is 3. The highest BCUT2D eigenvalue weighted by Crippen LogP contribution is 2.34. The van der Waals surface area contributed by atoms with E-state index < -0.39 is 12.0 Å². The Morgan fingerprint density at radius 3 is 2.17 bits per heavy atom. The molecule has 8 heteroatoms. The number of carbonyl (C=O) groups is 3. The molecule has 2 aromatic rings. The van der Waals surface area contributed by atoms with E-state index in [2.05, 4.69) is 43.6 Å². The quantitative estimate of drug-likeness (QED) is 0.267. The fourth-order valence-corrected chi connectivity index (χ4v) is 4.88. The number of carbonyl (C=O) groups excluding carboxylic acids is 3. The van der Waals surface area contributed by atoms with Crippen molar-refractivity contribution in [1.82, 2.24) is 10.2 Å². The van der Waals surface area contributed by atoms with Crippen molar-refractivity contribution in [3.05, 3.63) is 70.4 Å². The SMILES string of the molecule is CCCN1C(=O)NC(c2cccc(NC(=O)Nc3c(C(C)C)cccc3C(C)C)c2)C(C(=O)OCC(C)C)=C1C. The molecule has 1 atom stereocenters. The molecule has 0 aromatic heterocycles. The normalized spacial score (nSPS) is 15.5. The van der Waals surface area contributed by atoms with Crippen LogP contribution in [-0.2, 0) is 9.53 Å². The van der Waals surface area contributed by atoms with E-state index in [9.17, 15) is 14.4 Å². The third kappa shape index (κ3) is 7.23. The minimum atomic E-state index is -0.709. The molecular formula is C32H44N4O4. The number of benzene rings is 2. The van der Waals surface area contributed by atoms with Gasteiger partial charge in [0.2, 0.25) is 0 Å². The largest absolute Gasteiger partial charge is 0.462 e. The molecule has 0 spiro atoms. The van der Waals surface area contributed by atoms with Crippen LogP contribution in [0.25, 0.3) is 0 Å². The summed E-state index contributed by atoms with van der Waals surface area (Å²) in [5.74, 6) is 0.197. The molecule has 3 N–H and O–H groups in total. The minimum Gasteiger partial charge on any atom is -0.462 e. The zero-order chi connectivity index (χ0) is 29.6. The van der Waals surface area contributed by atoms with Gasteiger partial charge in [-0.05, 0) is 59.9 Å². The van der Waals surface area contributed by atoms with Crippen molar-refractivity contribution < 1.29 is 19.1 Å². The lowest BCUT2D eigenvalue weighted by atomic mass is 9.93. The molecule has 1 unspecified atom stereocenters. The van der Waals surface area contributed by atoms with Crippen LogP contribution in [0.1, 0.15) is 96.4 Å². The maximum atomic E-state index is 13.3.